The number of hydrogen-bond acceptors (Lipinski definition) is 5. The van der Waals surface area contributed by atoms with Crippen molar-refractivity contribution in [3.63, 3.8) is 0 Å². The lowest BCUT2D eigenvalue weighted by molar-refractivity contribution is -0.149. The number of fused-ring (bicyclic) bond motifs is 1. The molecule has 6 heteroatoms. The van der Waals surface area contributed by atoms with Crippen LogP contribution in [0.15, 0.2) is 48.5 Å². The van der Waals surface area contributed by atoms with Crippen molar-refractivity contribution in [1.82, 2.24) is 4.98 Å². The lowest BCUT2D eigenvalue weighted by atomic mass is 10.1. The number of esters is 1. The molecule has 2 aromatic carbocycles. The Morgan fingerprint density at radius 3 is 2.77 bits per heavy atom. The van der Waals surface area contributed by atoms with Crippen molar-refractivity contribution < 1.29 is 14.3 Å². The summed E-state index contributed by atoms with van der Waals surface area (Å²) in [6, 6.07) is 15.5. The number of anilines is 1. The Morgan fingerprint density at radius 2 is 2.00 bits per heavy atom. The van der Waals surface area contributed by atoms with Crippen molar-refractivity contribution in [2.45, 2.75) is 20.0 Å². The fourth-order valence-corrected chi connectivity index (χ4v) is 3.95. The van der Waals surface area contributed by atoms with Gasteiger partial charge in [0.2, 0.25) is 5.91 Å². The number of ether oxygens (including phenoxy) is 1. The number of amides is 1. The lowest BCUT2D eigenvalue weighted by Crippen LogP contribution is -2.26. The summed E-state index contributed by atoms with van der Waals surface area (Å²) in [5.41, 5.74) is 2.86. The van der Waals surface area contributed by atoms with Gasteiger partial charge in [-0.1, -0.05) is 29.8 Å². The largest absolute Gasteiger partial charge is 0.458 e. The summed E-state index contributed by atoms with van der Waals surface area (Å²) in [5.74, 6) is -0.818. The van der Waals surface area contributed by atoms with Crippen molar-refractivity contribution in [1.29, 1.82) is 0 Å². The maximum Gasteiger partial charge on any atom is 0.311 e. The Balaban J connectivity index is 1.39. The maximum atomic E-state index is 12.4. The third-order valence-corrected chi connectivity index (χ3v) is 5.49. The van der Waals surface area contributed by atoms with Crippen LogP contribution in [0, 0.1) is 12.8 Å². The van der Waals surface area contributed by atoms with Crippen LogP contribution in [0.2, 0.25) is 0 Å². The van der Waals surface area contributed by atoms with E-state index in [1.165, 1.54) is 11.3 Å². The van der Waals surface area contributed by atoms with E-state index in [1.54, 1.807) is 4.90 Å². The summed E-state index contributed by atoms with van der Waals surface area (Å²) in [4.78, 5) is 30.8. The van der Waals surface area contributed by atoms with E-state index in [9.17, 15) is 9.59 Å². The second-order valence-electron chi connectivity index (χ2n) is 6.42. The van der Waals surface area contributed by atoms with Crippen LogP contribution < -0.4 is 4.90 Å². The molecule has 0 saturated carbocycles. The number of benzene rings is 2. The van der Waals surface area contributed by atoms with E-state index in [-0.39, 0.29) is 24.9 Å². The van der Waals surface area contributed by atoms with Crippen LogP contribution >= 0.6 is 11.3 Å². The second-order valence-corrected chi connectivity index (χ2v) is 7.54. The standard InChI is InChI=1S/C20H18N2O3S/c1-13-6-8-15(9-7-13)22-11-14(10-19(22)23)20(24)25-12-18-21-16-4-2-3-5-17(16)26-18/h2-9,14H,10-12H2,1H3/t14-/m1/s1. The van der Waals surface area contributed by atoms with Gasteiger partial charge in [0.25, 0.3) is 0 Å². The van der Waals surface area contributed by atoms with Gasteiger partial charge in [0, 0.05) is 18.7 Å². The molecular formula is C20H18N2O3S. The Bertz CT molecular complexity index is 932. The summed E-state index contributed by atoms with van der Waals surface area (Å²) in [5, 5.41) is 0.763. The van der Waals surface area contributed by atoms with E-state index in [0.717, 1.165) is 26.5 Å². The highest BCUT2D eigenvalue weighted by Gasteiger charge is 2.36. The van der Waals surface area contributed by atoms with Gasteiger partial charge in [-0.15, -0.1) is 11.3 Å². The smallest absolute Gasteiger partial charge is 0.311 e. The van der Waals surface area contributed by atoms with Gasteiger partial charge in [-0.25, -0.2) is 4.98 Å². The van der Waals surface area contributed by atoms with Crippen molar-refractivity contribution in [3.05, 3.63) is 59.1 Å². The Kier molecular flexibility index (Phi) is 4.42. The number of carbonyl (C=O) groups is 2. The van der Waals surface area contributed by atoms with Crippen LogP contribution in [0.1, 0.15) is 17.0 Å². The molecule has 1 fully saturated rings. The van der Waals surface area contributed by atoms with Crippen LogP contribution in [0.3, 0.4) is 0 Å². The molecule has 0 unspecified atom stereocenters. The third-order valence-electron chi connectivity index (χ3n) is 4.48. The zero-order chi connectivity index (χ0) is 18.1. The number of aromatic nitrogens is 1. The number of para-hydroxylation sites is 1. The fourth-order valence-electron chi connectivity index (χ4n) is 3.07. The molecule has 1 atom stereocenters. The van der Waals surface area contributed by atoms with Crippen molar-refractivity contribution in [2.75, 3.05) is 11.4 Å². The van der Waals surface area contributed by atoms with Gasteiger partial charge in [-0.3, -0.25) is 9.59 Å². The topological polar surface area (TPSA) is 59.5 Å². The van der Waals surface area contributed by atoms with E-state index >= 15 is 0 Å². The van der Waals surface area contributed by atoms with Crippen LogP contribution in [-0.4, -0.2) is 23.4 Å². The summed E-state index contributed by atoms with van der Waals surface area (Å²) >= 11 is 1.52. The molecule has 4 rings (SSSR count). The Labute approximate surface area is 155 Å². The van der Waals surface area contributed by atoms with E-state index in [4.69, 9.17) is 4.74 Å². The van der Waals surface area contributed by atoms with E-state index < -0.39 is 5.92 Å². The first-order chi connectivity index (χ1) is 12.6. The molecule has 0 aliphatic carbocycles. The molecule has 1 saturated heterocycles. The molecule has 0 bridgehead atoms. The molecule has 1 aliphatic heterocycles. The summed E-state index contributed by atoms with van der Waals surface area (Å²) in [7, 11) is 0. The molecule has 0 spiro atoms. The summed E-state index contributed by atoms with van der Waals surface area (Å²) in [6.07, 6.45) is 0.187. The molecule has 132 valence electrons. The maximum absolute atomic E-state index is 12.4. The second kappa shape index (κ2) is 6.88. The molecular weight excluding hydrogens is 348 g/mol. The minimum atomic E-state index is -0.432. The minimum absolute atomic E-state index is 0.0456. The quantitative estimate of drug-likeness (QED) is 0.661. The van der Waals surface area contributed by atoms with Crippen molar-refractivity contribution in [2.24, 2.45) is 5.92 Å². The third kappa shape index (κ3) is 3.32. The monoisotopic (exact) mass is 366 g/mol. The first-order valence-corrected chi connectivity index (χ1v) is 9.30. The van der Waals surface area contributed by atoms with Crippen LogP contribution in [0.4, 0.5) is 5.69 Å². The van der Waals surface area contributed by atoms with E-state index in [0.29, 0.717) is 6.54 Å². The molecule has 0 radical (unpaired) electrons. The van der Waals surface area contributed by atoms with Gasteiger partial charge in [0.05, 0.1) is 16.1 Å². The molecule has 2 heterocycles. The van der Waals surface area contributed by atoms with Gasteiger partial charge in [-0.2, -0.15) is 0 Å². The predicted molar refractivity (Wildman–Crippen MR) is 101 cm³/mol. The molecule has 5 nitrogen and oxygen atoms in total. The summed E-state index contributed by atoms with van der Waals surface area (Å²) in [6.45, 7) is 2.51. The zero-order valence-electron chi connectivity index (χ0n) is 14.3. The minimum Gasteiger partial charge on any atom is -0.458 e. The van der Waals surface area contributed by atoms with E-state index in [2.05, 4.69) is 4.98 Å². The van der Waals surface area contributed by atoms with E-state index in [1.807, 2.05) is 55.5 Å². The first-order valence-electron chi connectivity index (χ1n) is 8.48. The molecule has 1 amide bonds. The van der Waals surface area contributed by atoms with Gasteiger partial charge >= 0.3 is 5.97 Å². The fraction of sp³-hybridized carbons (Fsp3) is 0.250. The Hall–Kier alpha value is -2.73. The SMILES string of the molecule is Cc1ccc(N2C[C@H](C(=O)OCc3nc4ccccc4s3)CC2=O)cc1. The lowest BCUT2D eigenvalue weighted by Gasteiger charge is -2.16. The van der Waals surface area contributed by atoms with Crippen LogP contribution in [0.25, 0.3) is 10.2 Å². The number of aryl methyl sites for hydroxylation is 1. The highest BCUT2D eigenvalue weighted by atomic mass is 32.1. The zero-order valence-corrected chi connectivity index (χ0v) is 15.2. The van der Waals surface area contributed by atoms with Gasteiger partial charge < -0.3 is 9.64 Å². The predicted octanol–water partition coefficient (Wildman–Crippen LogP) is 3.70. The number of nitrogens with zero attached hydrogens (tertiary/aromatic N) is 2. The molecule has 26 heavy (non-hydrogen) atoms. The van der Waals surface area contributed by atoms with Gasteiger partial charge in [-0.05, 0) is 31.2 Å². The Morgan fingerprint density at radius 1 is 1.23 bits per heavy atom. The molecule has 1 aliphatic rings. The van der Waals surface area contributed by atoms with Crippen molar-refractivity contribution >= 4 is 39.1 Å². The molecule has 1 aromatic heterocycles. The van der Waals surface area contributed by atoms with Crippen molar-refractivity contribution in [3.8, 4) is 0 Å². The normalized spacial score (nSPS) is 17.0. The summed E-state index contributed by atoms with van der Waals surface area (Å²) < 4.78 is 6.49. The number of thiazole rings is 1. The number of carbonyl (C=O) groups excluding carboxylic acids is 2. The molecule has 0 N–H and O–H groups in total. The average Bonchev–Trinajstić information content (AvgIpc) is 3.23. The highest BCUT2D eigenvalue weighted by molar-refractivity contribution is 7.18. The van der Waals surface area contributed by atoms with Gasteiger partial charge in [0.15, 0.2) is 0 Å². The first kappa shape index (κ1) is 16.7. The van der Waals surface area contributed by atoms with Crippen LogP contribution in [-0.2, 0) is 20.9 Å². The van der Waals surface area contributed by atoms with Gasteiger partial charge in [0.1, 0.15) is 11.6 Å². The molecule has 3 aromatic rings. The average molecular weight is 366 g/mol. The highest BCUT2D eigenvalue weighted by Crippen LogP contribution is 2.27. The number of hydrogen-bond donors (Lipinski definition) is 0. The van der Waals surface area contributed by atoms with Crippen LogP contribution in [0.5, 0.6) is 0 Å². The number of rotatable bonds is 4.